The lowest BCUT2D eigenvalue weighted by molar-refractivity contribution is -0.140. The lowest BCUT2D eigenvalue weighted by atomic mass is 10.0. The first-order chi connectivity index (χ1) is 19.1. The van der Waals surface area contributed by atoms with Gasteiger partial charge < -0.3 is 25.4 Å². The number of nitrogens with zero attached hydrogens (tertiary/aromatic N) is 1. The van der Waals surface area contributed by atoms with E-state index in [1.165, 1.54) is 11.9 Å². The minimum Gasteiger partial charge on any atom is -0.444 e. The van der Waals surface area contributed by atoms with Crippen molar-refractivity contribution < 1.29 is 37.4 Å². The van der Waals surface area contributed by atoms with Gasteiger partial charge in [-0.2, -0.15) is 0 Å². The number of carbonyl (C=O) groups excluding carboxylic acids is 4. The van der Waals surface area contributed by atoms with Crippen molar-refractivity contribution in [1.29, 1.82) is 0 Å². The summed E-state index contributed by atoms with van der Waals surface area (Å²) < 4.78 is 31.3. The van der Waals surface area contributed by atoms with Gasteiger partial charge in [-0.15, -0.1) is 0 Å². The Morgan fingerprint density at radius 1 is 1.10 bits per heavy atom. The minimum atomic E-state index is -3.61. The zero-order valence-corrected chi connectivity index (χ0v) is 25.6. The Morgan fingerprint density at radius 2 is 1.78 bits per heavy atom. The van der Waals surface area contributed by atoms with Crippen molar-refractivity contribution in [2.24, 2.45) is 11.8 Å². The third kappa shape index (κ3) is 9.16. The van der Waals surface area contributed by atoms with Crippen LogP contribution in [-0.4, -0.2) is 84.4 Å². The fraction of sp³-hybridized carbons (Fsp3) is 0.786. The molecule has 1 aliphatic heterocycles. The highest BCUT2D eigenvalue weighted by Crippen LogP contribution is 2.44. The topological polar surface area (TPSA) is 171 Å². The number of β-amino-alcohol motifs (C(OH)–C–C–N with tert-alkyl or cyclic N) is 1. The van der Waals surface area contributed by atoms with Crippen LogP contribution in [0.2, 0.25) is 0 Å². The Balaban J connectivity index is 1.45. The van der Waals surface area contributed by atoms with Gasteiger partial charge in [0.15, 0.2) is 0 Å². The minimum absolute atomic E-state index is 0.0135. The molecule has 4 amide bonds. The van der Waals surface area contributed by atoms with Crippen LogP contribution >= 0.6 is 0 Å². The highest BCUT2D eigenvalue weighted by Gasteiger charge is 2.52. The summed E-state index contributed by atoms with van der Waals surface area (Å²) in [5, 5.41) is 15.3. The fourth-order valence-corrected chi connectivity index (χ4v) is 6.25. The van der Waals surface area contributed by atoms with E-state index in [4.69, 9.17) is 4.74 Å². The largest absolute Gasteiger partial charge is 0.444 e. The summed E-state index contributed by atoms with van der Waals surface area (Å²) >= 11 is 0. The third-order valence-corrected chi connectivity index (χ3v) is 10.0. The number of hydrogen-bond donors (Lipinski definition) is 4. The molecule has 0 aromatic rings. The molecule has 3 fully saturated rings. The van der Waals surface area contributed by atoms with Gasteiger partial charge in [0, 0.05) is 25.9 Å². The molecule has 1 saturated heterocycles. The number of carbonyl (C=O) groups is 4. The predicted octanol–water partition coefficient (Wildman–Crippen LogP) is 1.73. The number of sulfonamides is 1. The molecule has 0 aromatic heterocycles. The Morgan fingerprint density at radius 3 is 2.39 bits per heavy atom. The zero-order chi connectivity index (χ0) is 30.6. The number of ether oxygens (including phenoxy) is 1. The molecule has 0 spiro atoms. The van der Waals surface area contributed by atoms with E-state index in [2.05, 4.69) is 15.4 Å². The highest BCUT2D eigenvalue weighted by molar-refractivity contribution is 7.91. The number of aliphatic hydroxyl groups is 1. The molecule has 1 heterocycles. The number of likely N-dealkylation sites (N-methyl/N-ethyl adjacent to an activating group) is 1. The molecule has 0 unspecified atom stereocenters. The molecule has 0 aromatic carbocycles. The predicted molar refractivity (Wildman–Crippen MR) is 152 cm³/mol. The van der Waals surface area contributed by atoms with Crippen LogP contribution < -0.4 is 15.4 Å². The number of hydrogen-bond acceptors (Lipinski definition) is 8. The van der Waals surface area contributed by atoms with Gasteiger partial charge >= 0.3 is 6.09 Å². The summed E-state index contributed by atoms with van der Waals surface area (Å²) in [5.41, 5.74) is -0.747. The number of allylic oxidation sites excluding steroid dienone is 2. The van der Waals surface area contributed by atoms with Crippen molar-refractivity contribution in [3.8, 4) is 0 Å². The van der Waals surface area contributed by atoms with E-state index in [0.717, 1.165) is 19.3 Å². The lowest BCUT2D eigenvalue weighted by Crippen LogP contribution is -2.53. The van der Waals surface area contributed by atoms with E-state index < -0.39 is 56.5 Å². The van der Waals surface area contributed by atoms with Gasteiger partial charge in [0.05, 0.1) is 10.9 Å². The van der Waals surface area contributed by atoms with Crippen LogP contribution in [0.15, 0.2) is 12.2 Å². The summed E-state index contributed by atoms with van der Waals surface area (Å²) in [6, 6.07) is -1.71. The lowest BCUT2D eigenvalue weighted by Gasteiger charge is -2.29. The molecule has 0 bridgehead atoms. The van der Waals surface area contributed by atoms with Crippen molar-refractivity contribution in [1.82, 2.24) is 20.3 Å². The molecular formula is C28H46N4O8S. The molecule has 4 N–H and O–H groups in total. The van der Waals surface area contributed by atoms with E-state index in [9.17, 15) is 32.7 Å². The SMILES string of the molecule is CNC(=O)[C@@H]1C[C@@H](O)CN1C(=O)[C@H](CCCCC/C=C\[C@@H]1C[C@@H]1C(=O)NS(=O)(=O)C1(C)CC1)NC(=O)OC(C)(C)C. The number of amides is 4. The first kappa shape index (κ1) is 32.8. The van der Waals surface area contributed by atoms with Gasteiger partial charge in [0.25, 0.3) is 0 Å². The molecule has 2 saturated carbocycles. The van der Waals surface area contributed by atoms with Crippen LogP contribution in [0.5, 0.6) is 0 Å². The smallest absolute Gasteiger partial charge is 0.408 e. The molecule has 2 aliphatic carbocycles. The van der Waals surface area contributed by atoms with Gasteiger partial charge in [-0.3, -0.25) is 19.1 Å². The molecule has 232 valence electrons. The van der Waals surface area contributed by atoms with Gasteiger partial charge in [-0.1, -0.05) is 25.0 Å². The van der Waals surface area contributed by atoms with Crippen LogP contribution in [0, 0.1) is 11.8 Å². The first-order valence-electron chi connectivity index (χ1n) is 14.5. The Labute approximate surface area is 243 Å². The van der Waals surface area contributed by atoms with Crippen LogP contribution in [-0.2, 0) is 29.1 Å². The molecule has 12 nitrogen and oxygen atoms in total. The Hall–Kier alpha value is -2.67. The number of alkyl carbamates (subject to hydrolysis) is 1. The van der Waals surface area contributed by atoms with Gasteiger partial charge in [-0.05, 0) is 72.1 Å². The maximum absolute atomic E-state index is 13.4. The van der Waals surface area contributed by atoms with Gasteiger partial charge in [0.1, 0.15) is 17.7 Å². The summed E-state index contributed by atoms with van der Waals surface area (Å²) in [5.74, 6) is -1.49. The van der Waals surface area contributed by atoms with Gasteiger partial charge in [0.2, 0.25) is 27.7 Å². The number of aliphatic hydroxyl groups excluding tert-OH is 1. The van der Waals surface area contributed by atoms with Crippen LogP contribution in [0.4, 0.5) is 4.79 Å². The Kier molecular flexibility index (Phi) is 10.5. The van der Waals surface area contributed by atoms with E-state index in [1.54, 1.807) is 27.7 Å². The highest BCUT2D eigenvalue weighted by atomic mass is 32.2. The van der Waals surface area contributed by atoms with Crippen LogP contribution in [0.3, 0.4) is 0 Å². The molecule has 41 heavy (non-hydrogen) atoms. The van der Waals surface area contributed by atoms with Crippen molar-refractivity contribution in [2.75, 3.05) is 13.6 Å². The van der Waals surface area contributed by atoms with E-state index in [0.29, 0.717) is 32.1 Å². The van der Waals surface area contributed by atoms with Crippen molar-refractivity contribution >= 4 is 33.8 Å². The monoisotopic (exact) mass is 598 g/mol. The summed E-state index contributed by atoms with van der Waals surface area (Å²) in [4.78, 5) is 51.8. The molecule has 13 heteroatoms. The summed E-state index contributed by atoms with van der Waals surface area (Å²) in [7, 11) is -2.14. The molecular weight excluding hydrogens is 552 g/mol. The molecule has 3 rings (SSSR count). The maximum Gasteiger partial charge on any atom is 0.408 e. The number of likely N-dealkylation sites (tertiary alicyclic amines) is 1. The average Bonchev–Trinajstić information content (AvgIpc) is 3.78. The average molecular weight is 599 g/mol. The molecule has 3 aliphatic rings. The normalized spacial score (nSPS) is 25.9. The standard InChI is InChI=1S/C28H46N4O8S/c1-27(2,3)40-26(37)30-21(25(36)32-17-19(33)16-22(32)24(35)29-5)12-10-8-6-7-9-11-18-15-20(18)23(34)31-41(38,39)28(4)13-14-28/h9,11,18-22,33H,6-8,10,12-17H2,1-5H3,(H,29,35)(H,30,37)(H,31,34)/b11-9-/t18-,19-,20+,21+,22+/m1/s1. The fourth-order valence-electron chi connectivity index (χ4n) is 4.94. The van der Waals surface area contributed by atoms with Crippen molar-refractivity contribution in [3.63, 3.8) is 0 Å². The quantitative estimate of drug-likeness (QED) is 0.183. The second kappa shape index (κ2) is 13.1. The first-order valence-corrected chi connectivity index (χ1v) is 16.0. The van der Waals surface area contributed by atoms with Crippen LogP contribution in [0.1, 0.15) is 85.5 Å². The van der Waals surface area contributed by atoms with Crippen molar-refractivity contribution in [2.45, 2.75) is 114 Å². The molecule has 5 atom stereocenters. The summed E-state index contributed by atoms with van der Waals surface area (Å²) in [6.07, 6.45) is 7.67. The second-order valence-electron chi connectivity index (χ2n) is 12.7. The van der Waals surface area contributed by atoms with E-state index in [1.807, 2.05) is 12.2 Å². The second-order valence-corrected chi connectivity index (χ2v) is 14.9. The Bertz CT molecular complexity index is 1130. The van der Waals surface area contributed by atoms with Gasteiger partial charge in [-0.25, -0.2) is 13.2 Å². The number of nitrogens with one attached hydrogen (secondary N) is 3. The molecule has 0 radical (unpaired) electrons. The zero-order valence-electron chi connectivity index (χ0n) is 24.8. The van der Waals surface area contributed by atoms with E-state index >= 15 is 0 Å². The van der Waals surface area contributed by atoms with E-state index in [-0.39, 0.29) is 30.7 Å². The van der Waals surface area contributed by atoms with Crippen LogP contribution in [0.25, 0.3) is 0 Å². The third-order valence-electron chi connectivity index (χ3n) is 7.86. The maximum atomic E-state index is 13.4. The summed E-state index contributed by atoms with van der Waals surface area (Å²) in [6.45, 7) is 6.84. The number of rotatable bonds is 13. The van der Waals surface area contributed by atoms with Crippen molar-refractivity contribution in [3.05, 3.63) is 12.2 Å². The number of unbranched alkanes of at least 4 members (excludes halogenated alkanes) is 3.